The molecule has 2 amide bonds. The number of amides is 2. The second-order valence-corrected chi connectivity index (χ2v) is 13.2. The fourth-order valence-electron chi connectivity index (χ4n) is 5.25. The molecule has 46 heavy (non-hydrogen) atoms. The highest BCUT2D eigenvalue weighted by Crippen LogP contribution is 2.40. The van der Waals surface area contributed by atoms with Crippen molar-refractivity contribution in [1.82, 2.24) is 25.1 Å². The number of hydrogen-bond acceptors (Lipinski definition) is 12. The second-order valence-electron chi connectivity index (χ2n) is 10.4. The Hall–Kier alpha value is -4.19. The van der Waals surface area contributed by atoms with Crippen LogP contribution in [0, 0.1) is 0 Å². The van der Waals surface area contributed by atoms with Crippen LogP contribution in [0.25, 0.3) is 11.0 Å². The molecule has 3 aromatic rings. The Morgan fingerprint density at radius 2 is 2.15 bits per heavy atom. The van der Waals surface area contributed by atoms with Gasteiger partial charge in [0.2, 0.25) is 11.6 Å². The van der Waals surface area contributed by atoms with E-state index < -0.39 is 47.0 Å². The van der Waals surface area contributed by atoms with E-state index in [-0.39, 0.29) is 39.6 Å². The number of rotatable bonds is 14. The number of hydrogen-bond donors (Lipinski definition) is 4. The number of nitrogens with two attached hydrogens (primary N) is 1. The van der Waals surface area contributed by atoms with Crippen molar-refractivity contribution >= 4 is 80.3 Å². The number of oxime groups is 1. The Morgan fingerprint density at radius 1 is 1.37 bits per heavy atom. The minimum atomic E-state index is -1.50. The number of carboxylic acids is 2. The molecule has 3 aromatic heterocycles. The highest BCUT2D eigenvalue weighted by Gasteiger charge is 2.53. The Morgan fingerprint density at radius 3 is 2.80 bits per heavy atom. The summed E-state index contributed by atoms with van der Waals surface area (Å²) < 4.78 is 4.06. The molecular formula is C28H31ClN8O7S2. The summed E-state index contributed by atoms with van der Waals surface area (Å²) in [5, 5.41) is 30.4. The van der Waals surface area contributed by atoms with E-state index >= 15 is 0 Å². The Labute approximate surface area is 276 Å². The molecule has 15 nitrogen and oxygen atoms in total. The first kappa shape index (κ1) is 33.2. The van der Waals surface area contributed by atoms with Gasteiger partial charge in [-0.2, -0.15) is 4.57 Å². The quantitative estimate of drug-likeness (QED) is 0.0578. The first-order valence-corrected chi connectivity index (χ1v) is 16.5. The number of nitrogens with zero attached hydrogens (tertiary/aromatic N) is 5. The van der Waals surface area contributed by atoms with Crippen molar-refractivity contribution in [2.45, 2.75) is 50.4 Å². The molecule has 18 heteroatoms. The maximum atomic E-state index is 13.4. The summed E-state index contributed by atoms with van der Waals surface area (Å²) in [6, 6.07) is 4.73. The number of aromatic nitrogens is 3. The van der Waals surface area contributed by atoms with E-state index in [2.05, 4.69) is 25.3 Å². The average Bonchev–Trinajstić information content (AvgIpc) is 3.59. The molecule has 5 N–H and O–H groups in total. The predicted octanol–water partition coefficient (Wildman–Crippen LogP) is -0.0816. The smallest absolute Gasteiger partial charge is 0.347 e. The number of thiazole rings is 1. The van der Waals surface area contributed by atoms with Crippen molar-refractivity contribution < 1.29 is 38.8 Å². The first-order valence-electron chi connectivity index (χ1n) is 14.2. The Kier molecular flexibility index (Phi) is 10.1. The topological polar surface area (TPSA) is 208 Å². The average molecular weight is 691 g/mol. The van der Waals surface area contributed by atoms with Gasteiger partial charge in [-0.3, -0.25) is 14.5 Å². The molecule has 2 aliphatic heterocycles. The zero-order chi connectivity index (χ0) is 33.1. The maximum absolute atomic E-state index is 13.4. The minimum Gasteiger partial charge on any atom is -0.543 e. The van der Waals surface area contributed by atoms with Crippen LogP contribution in [0.4, 0.5) is 5.13 Å². The number of aryl methyl sites for hydroxylation is 1. The summed E-state index contributed by atoms with van der Waals surface area (Å²) in [7, 11) is 1.90. The van der Waals surface area contributed by atoms with Crippen molar-refractivity contribution in [2.24, 2.45) is 5.16 Å². The van der Waals surface area contributed by atoms with E-state index in [0.717, 1.165) is 46.8 Å². The standard InChI is InChI=1S/C28H31ClN8O7S2/c1-3-17(26(40)41)44-34-19(18-22(29)46-28(30)33-18)23(38)32-20-24(39)37-21(27(42)43)14(13-45-25(20)37)12-36-9-4-6-15-16(36)7-11-35(15)10-5-8-31-2/h4,6-7,9,11,17,20,25,31H,3,5,8,10,12-13H2,1-2H3,(H4-,30,32,33,38,40,41,42,43)/b34-19-/t17-,20?,25?/m0/s1. The molecule has 0 radical (unpaired) electrons. The molecule has 1 fully saturated rings. The molecule has 2 aliphatic rings. The van der Waals surface area contributed by atoms with Crippen LogP contribution in [0.1, 0.15) is 25.5 Å². The van der Waals surface area contributed by atoms with E-state index in [0.29, 0.717) is 5.57 Å². The van der Waals surface area contributed by atoms with Crippen molar-refractivity contribution in [2.75, 3.05) is 25.1 Å². The number of carboxylic acid groups (broad SMARTS) is 2. The molecule has 5 heterocycles. The van der Waals surface area contributed by atoms with Gasteiger partial charge in [0.15, 0.2) is 23.6 Å². The normalized spacial score (nSPS) is 18.7. The Bertz CT molecular complexity index is 1760. The number of fused-ring (bicyclic) bond motifs is 2. The highest BCUT2D eigenvalue weighted by atomic mass is 35.5. The molecule has 0 saturated carbocycles. The van der Waals surface area contributed by atoms with Crippen molar-refractivity contribution in [3.8, 4) is 0 Å². The molecule has 244 valence electrons. The SMILES string of the molecule is CC[C@H](O/N=C(\C(=O)NC1C(=O)N2C(C(=O)[O-])=C(C[n+]3cccc4c3ccn4CCCNC)CSC12)c1nc(N)sc1Cl)C(=O)O. The van der Waals surface area contributed by atoms with Gasteiger partial charge in [0.05, 0.1) is 11.7 Å². The van der Waals surface area contributed by atoms with Gasteiger partial charge in [0.25, 0.3) is 11.8 Å². The van der Waals surface area contributed by atoms with Crippen LogP contribution in [0.2, 0.25) is 4.34 Å². The van der Waals surface area contributed by atoms with Crippen LogP contribution in [0.15, 0.2) is 47.0 Å². The van der Waals surface area contributed by atoms with Crippen molar-refractivity contribution in [3.05, 3.63) is 51.9 Å². The number of nitrogens with one attached hydrogen (secondary N) is 2. The number of halogens is 1. The number of thioether (sulfide) groups is 1. The van der Waals surface area contributed by atoms with Crippen LogP contribution in [-0.4, -0.2) is 85.9 Å². The van der Waals surface area contributed by atoms with Gasteiger partial charge in [-0.1, -0.05) is 35.0 Å². The lowest BCUT2D eigenvalue weighted by Crippen LogP contribution is -2.71. The molecule has 0 bridgehead atoms. The molecule has 0 aliphatic carbocycles. The summed E-state index contributed by atoms with van der Waals surface area (Å²) in [4.78, 5) is 60.8. The molecule has 2 unspecified atom stereocenters. The molecule has 0 aromatic carbocycles. The minimum absolute atomic E-state index is 0.000351. The predicted molar refractivity (Wildman–Crippen MR) is 169 cm³/mol. The largest absolute Gasteiger partial charge is 0.543 e. The fourth-order valence-corrected chi connectivity index (χ4v) is 7.51. The maximum Gasteiger partial charge on any atom is 0.347 e. The number of anilines is 1. The monoisotopic (exact) mass is 690 g/mol. The van der Waals surface area contributed by atoms with Gasteiger partial charge < -0.3 is 40.8 Å². The van der Waals surface area contributed by atoms with Gasteiger partial charge in [0.1, 0.15) is 27.0 Å². The van der Waals surface area contributed by atoms with Gasteiger partial charge >= 0.3 is 5.97 Å². The lowest BCUT2D eigenvalue weighted by Gasteiger charge is -2.50. The van der Waals surface area contributed by atoms with Gasteiger partial charge in [-0.05, 0) is 32.5 Å². The van der Waals surface area contributed by atoms with Crippen molar-refractivity contribution in [1.29, 1.82) is 0 Å². The number of aliphatic carboxylic acids is 2. The van der Waals surface area contributed by atoms with Crippen LogP contribution < -0.4 is 26.0 Å². The number of carbonyl (C=O) groups excluding carboxylic acids is 3. The van der Waals surface area contributed by atoms with E-state index in [1.54, 1.807) is 6.92 Å². The number of pyridine rings is 1. The lowest BCUT2D eigenvalue weighted by atomic mass is 10.0. The van der Waals surface area contributed by atoms with Gasteiger partial charge in [0, 0.05) is 36.2 Å². The second kappa shape index (κ2) is 14.1. The molecule has 3 atom stereocenters. The van der Waals surface area contributed by atoms with Crippen LogP contribution >= 0.6 is 34.7 Å². The summed E-state index contributed by atoms with van der Waals surface area (Å²) in [6.07, 6.45) is 3.47. The number of β-lactam (4-membered cyclic amide) rings is 1. The van der Waals surface area contributed by atoms with E-state index in [4.69, 9.17) is 22.2 Å². The molecular weight excluding hydrogens is 660 g/mol. The summed E-state index contributed by atoms with van der Waals surface area (Å²) in [6.45, 7) is 3.45. The van der Waals surface area contributed by atoms with E-state index in [1.165, 1.54) is 11.8 Å². The number of nitrogen functional groups attached to an aromatic ring is 1. The summed E-state index contributed by atoms with van der Waals surface area (Å²) >= 11 is 8.35. The third-order valence-electron chi connectivity index (χ3n) is 7.49. The first-order chi connectivity index (χ1) is 22.0. The van der Waals surface area contributed by atoms with Crippen LogP contribution in [0.3, 0.4) is 0 Å². The van der Waals surface area contributed by atoms with Crippen LogP contribution in [-0.2, 0) is 37.1 Å². The third-order valence-corrected chi connectivity index (χ3v) is 9.91. The lowest BCUT2D eigenvalue weighted by molar-refractivity contribution is -0.663. The van der Waals surface area contributed by atoms with Crippen LogP contribution in [0.5, 0.6) is 0 Å². The Balaban J connectivity index is 1.37. The summed E-state index contributed by atoms with van der Waals surface area (Å²) in [5.74, 6) is -4.15. The highest BCUT2D eigenvalue weighted by molar-refractivity contribution is 8.00. The zero-order valence-electron chi connectivity index (χ0n) is 24.8. The van der Waals surface area contributed by atoms with Gasteiger partial charge in [-0.25, -0.2) is 9.78 Å². The molecule has 5 rings (SSSR count). The van der Waals surface area contributed by atoms with Gasteiger partial charge in [-0.15, -0.1) is 11.8 Å². The fraction of sp³-hybridized carbons (Fsp3) is 0.393. The van der Waals surface area contributed by atoms with E-state index in [9.17, 15) is 29.4 Å². The third kappa shape index (κ3) is 6.53. The molecule has 1 saturated heterocycles. The molecule has 0 spiro atoms. The van der Waals surface area contributed by atoms with Crippen molar-refractivity contribution in [3.63, 3.8) is 0 Å². The number of carbonyl (C=O) groups is 4. The zero-order valence-corrected chi connectivity index (χ0v) is 27.2. The van der Waals surface area contributed by atoms with E-state index in [1.807, 2.05) is 42.2 Å². The summed E-state index contributed by atoms with van der Waals surface area (Å²) in [5.41, 5.74) is 7.25.